The van der Waals surface area contributed by atoms with Gasteiger partial charge in [-0.05, 0) is 110 Å². The maximum atomic E-state index is 6.56. The molecular weight excluding hydrogens is 743 g/mol. The molecule has 10 aromatic carbocycles. The second-order valence-corrected chi connectivity index (χ2v) is 15.6. The molecule has 0 aliphatic rings. The van der Waals surface area contributed by atoms with E-state index in [9.17, 15) is 0 Å². The van der Waals surface area contributed by atoms with Gasteiger partial charge in [-0.15, -0.1) is 0 Å². The van der Waals surface area contributed by atoms with Crippen molar-refractivity contribution in [1.82, 2.24) is 0 Å². The third-order valence-corrected chi connectivity index (χ3v) is 12.1. The number of anilines is 3. The van der Waals surface area contributed by atoms with E-state index in [0.29, 0.717) is 0 Å². The van der Waals surface area contributed by atoms with E-state index < -0.39 is 0 Å². The van der Waals surface area contributed by atoms with Gasteiger partial charge in [0.1, 0.15) is 22.3 Å². The molecule has 0 saturated carbocycles. The predicted molar refractivity (Wildman–Crippen MR) is 255 cm³/mol. The third-order valence-electron chi connectivity index (χ3n) is 12.1. The van der Waals surface area contributed by atoms with Gasteiger partial charge in [0.2, 0.25) is 0 Å². The van der Waals surface area contributed by atoms with Crippen molar-refractivity contribution in [2.45, 2.75) is 0 Å². The van der Waals surface area contributed by atoms with Gasteiger partial charge in [0, 0.05) is 33.1 Å². The van der Waals surface area contributed by atoms with Crippen LogP contribution in [-0.4, -0.2) is 0 Å². The molecule has 0 unspecified atom stereocenters. The smallest absolute Gasteiger partial charge is 0.143 e. The van der Waals surface area contributed by atoms with E-state index in [-0.39, 0.29) is 0 Å². The first-order valence-corrected chi connectivity index (χ1v) is 20.7. The largest absolute Gasteiger partial charge is 0.456 e. The molecule has 3 heteroatoms. The molecule has 0 spiro atoms. The Morgan fingerprint density at radius 1 is 0.295 bits per heavy atom. The van der Waals surface area contributed by atoms with Crippen LogP contribution in [-0.2, 0) is 0 Å². The molecule has 2 heterocycles. The summed E-state index contributed by atoms with van der Waals surface area (Å²) in [6.07, 6.45) is 0. The van der Waals surface area contributed by atoms with Crippen molar-refractivity contribution in [1.29, 1.82) is 0 Å². The summed E-state index contributed by atoms with van der Waals surface area (Å²) in [6, 6.07) is 79.8. The summed E-state index contributed by atoms with van der Waals surface area (Å²) < 4.78 is 13.1. The van der Waals surface area contributed by atoms with Gasteiger partial charge in [-0.25, -0.2) is 0 Å². The first-order valence-electron chi connectivity index (χ1n) is 20.7. The fourth-order valence-corrected chi connectivity index (χ4v) is 9.13. The molecule has 0 aliphatic carbocycles. The Kier molecular flexibility index (Phi) is 8.17. The maximum absolute atomic E-state index is 6.56. The first-order chi connectivity index (χ1) is 30.2. The number of benzene rings is 10. The van der Waals surface area contributed by atoms with E-state index >= 15 is 0 Å². The summed E-state index contributed by atoms with van der Waals surface area (Å²) in [5, 5.41) is 6.85. The zero-order valence-electron chi connectivity index (χ0n) is 33.1. The summed E-state index contributed by atoms with van der Waals surface area (Å²) in [7, 11) is 0. The third kappa shape index (κ3) is 5.98. The van der Waals surface area contributed by atoms with Crippen molar-refractivity contribution in [3.8, 4) is 44.5 Å². The number of hydrogen-bond donors (Lipinski definition) is 0. The van der Waals surface area contributed by atoms with Crippen LogP contribution in [0.3, 0.4) is 0 Å². The minimum atomic E-state index is 0.850. The number of rotatable bonds is 7. The van der Waals surface area contributed by atoms with Gasteiger partial charge in [-0.1, -0.05) is 164 Å². The van der Waals surface area contributed by atoms with Crippen molar-refractivity contribution in [3.63, 3.8) is 0 Å². The zero-order valence-corrected chi connectivity index (χ0v) is 33.1. The Morgan fingerprint density at radius 3 is 1.57 bits per heavy atom. The van der Waals surface area contributed by atoms with Gasteiger partial charge in [0.25, 0.3) is 0 Å². The molecule has 0 amide bonds. The second kappa shape index (κ2) is 14.3. The fraction of sp³-hybridized carbons (Fsp3) is 0. The highest BCUT2D eigenvalue weighted by molar-refractivity contribution is 6.14. The number of hydrogen-bond acceptors (Lipinski definition) is 3. The lowest BCUT2D eigenvalue weighted by atomic mass is 9.97. The zero-order chi connectivity index (χ0) is 40.3. The topological polar surface area (TPSA) is 29.5 Å². The summed E-state index contributed by atoms with van der Waals surface area (Å²) >= 11 is 0. The second-order valence-electron chi connectivity index (χ2n) is 15.6. The molecular formula is C58H37NO2. The lowest BCUT2D eigenvalue weighted by Gasteiger charge is -2.27. The Hall–Kier alpha value is -8.14. The van der Waals surface area contributed by atoms with Crippen LogP contribution in [0.15, 0.2) is 233 Å². The Labute approximate surface area is 353 Å². The van der Waals surface area contributed by atoms with Crippen molar-refractivity contribution < 1.29 is 8.83 Å². The molecule has 12 aromatic rings. The van der Waals surface area contributed by atoms with Gasteiger partial charge in [0.15, 0.2) is 0 Å². The van der Waals surface area contributed by atoms with E-state index in [2.05, 4.69) is 223 Å². The molecule has 0 atom stereocenters. The van der Waals surface area contributed by atoms with Gasteiger partial charge in [0.05, 0.1) is 11.1 Å². The molecule has 2 aromatic heterocycles. The average Bonchev–Trinajstić information content (AvgIpc) is 3.91. The van der Waals surface area contributed by atoms with E-state index in [1.54, 1.807) is 0 Å². The number of para-hydroxylation sites is 1. The van der Waals surface area contributed by atoms with Gasteiger partial charge < -0.3 is 13.7 Å². The molecule has 0 N–H and O–H groups in total. The molecule has 12 rings (SSSR count). The molecule has 0 radical (unpaired) electrons. The quantitative estimate of drug-likeness (QED) is 0.161. The molecule has 286 valence electrons. The molecule has 0 aliphatic heterocycles. The highest BCUT2D eigenvalue weighted by Crippen LogP contribution is 2.45. The highest BCUT2D eigenvalue weighted by Gasteiger charge is 2.21. The normalized spacial score (nSPS) is 11.6. The summed E-state index contributed by atoms with van der Waals surface area (Å²) in [4.78, 5) is 2.36. The molecule has 0 fully saturated rings. The number of nitrogens with zero attached hydrogens (tertiary/aromatic N) is 1. The van der Waals surface area contributed by atoms with Crippen molar-refractivity contribution in [2.75, 3.05) is 4.90 Å². The SMILES string of the molecule is c1ccc(-c2ccc3oc4cccc(N(c5ccc(-c6ccc7oc8c(-c9ccccc9)cccc8c7c6)cc5)c5ccc(-c6cccc7ccccc67)cc5)c4c3c2)cc1. The Bertz CT molecular complexity index is 3560. The van der Waals surface area contributed by atoms with E-state index in [1.807, 2.05) is 6.07 Å². The van der Waals surface area contributed by atoms with E-state index in [4.69, 9.17) is 8.83 Å². The molecule has 3 nitrogen and oxygen atoms in total. The van der Waals surface area contributed by atoms with Crippen LogP contribution < -0.4 is 4.90 Å². The molecule has 0 saturated heterocycles. The van der Waals surface area contributed by atoms with Crippen LogP contribution in [0.5, 0.6) is 0 Å². The number of furan rings is 2. The summed E-state index contributed by atoms with van der Waals surface area (Å²) in [6.45, 7) is 0. The summed E-state index contributed by atoms with van der Waals surface area (Å²) in [5.41, 5.74) is 15.9. The Morgan fingerprint density at radius 2 is 0.820 bits per heavy atom. The maximum Gasteiger partial charge on any atom is 0.143 e. The minimum Gasteiger partial charge on any atom is -0.456 e. The molecule has 61 heavy (non-hydrogen) atoms. The average molecular weight is 780 g/mol. The lowest BCUT2D eigenvalue weighted by molar-refractivity contribution is 0.669. The van der Waals surface area contributed by atoms with Crippen molar-refractivity contribution in [3.05, 3.63) is 224 Å². The van der Waals surface area contributed by atoms with Crippen LogP contribution in [0.1, 0.15) is 0 Å². The Balaban J connectivity index is 0.989. The van der Waals surface area contributed by atoms with Crippen LogP contribution in [0.2, 0.25) is 0 Å². The standard InChI is InChI=1S/C58H37NO2/c1-3-12-38(13-4-1)44-29-35-55-52(37-44)57-53(22-11-23-56(57)60-55)59(46-32-26-42(27-33-46)48-19-9-17-40-16-7-8-18-47(40)48)45-30-24-39(25-31-45)43-28-34-54-51(36-43)50-21-10-20-49(58(50)61-54)41-14-5-2-6-15-41/h1-37H. The predicted octanol–water partition coefficient (Wildman–Crippen LogP) is 16.8. The van der Waals surface area contributed by atoms with Gasteiger partial charge >= 0.3 is 0 Å². The van der Waals surface area contributed by atoms with E-state index in [1.165, 1.54) is 27.5 Å². The fourth-order valence-electron chi connectivity index (χ4n) is 9.13. The summed E-state index contributed by atoms with van der Waals surface area (Å²) in [5.74, 6) is 0. The minimum absolute atomic E-state index is 0.850. The van der Waals surface area contributed by atoms with Crippen LogP contribution in [0.25, 0.3) is 99.2 Å². The van der Waals surface area contributed by atoms with Crippen LogP contribution in [0.4, 0.5) is 17.1 Å². The van der Waals surface area contributed by atoms with Crippen LogP contribution >= 0.6 is 0 Å². The van der Waals surface area contributed by atoms with E-state index in [0.717, 1.165) is 88.8 Å². The monoisotopic (exact) mass is 779 g/mol. The number of fused-ring (bicyclic) bond motifs is 7. The van der Waals surface area contributed by atoms with Crippen molar-refractivity contribution >= 4 is 71.7 Å². The highest BCUT2D eigenvalue weighted by atomic mass is 16.3. The van der Waals surface area contributed by atoms with Crippen molar-refractivity contribution in [2.24, 2.45) is 0 Å². The first kappa shape index (κ1) is 34.9. The molecule has 0 bridgehead atoms. The lowest BCUT2D eigenvalue weighted by Crippen LogP contribution is -2.10. The van der Waals surface area contributed by atoms with Crippen LogP contribution in [0, 0.1) is 0 Å². The van der Waals surface area contributed by atoms with Gasteiger partial charge in [-0.2, -0.15) is 0 Å². The van der Waals surface area contributed by atoms with Gasteiger partial charge in [-0.3, -0.25) is 0 Å².